The molecule has 0 radical (unpaired) electrons. The Labute approximate surface area is 281 Å². The molecule has 3 atom stereocenters. The predicted octanol–water partition coefficient (Wildman–Crippen LogP) is 7.97. The largest absolute Gasteiger partial charge is 0.459 e. The summed E-state index contributed by atoms with van der Waals surface area (Å²) in [6.07, 6.45) is 0.578. The number of nitrogens with zero attached hydrogens (tertiary/aromatic N) is 3. The lowest BCUT2D eigenvalue weighted by Crippen LogP contribution is -2.44. The maximum atomic E-state index is 14.9. The van der Waals surface area contributed by atoms with Gasteiger partial charge in [-0.1, -0.05) is 75.4 Å². The molecule has 0 fully saturated rings. The summed E-state index contributed by atoms with van der Waals surface area (Å²) in [5.74, 6) is 0.452. The summed E-state index contributed by atoms with van der Waals surface area (Å²) in [6, 6.07) is 19.5. The molecule has 0 bridgehead atoms. The van der Waals surface area contributed by atoms with Gasteiger partial charge in [0.15, 0.2) is 5.82 Å². The van der Waals surface area contributed by atoms with Gasteiger partial charge in [0, 0.05) is 17.4 Å². The van der Waals surface area contributed by atoms with E-state index in [9.17, 15) is 9.36 Å². The van der Waals surface area contributed by atoms with Crippen molar-refractivity contribution in [1.29, 1.82) is 0 Å². The molecular formula is C36H46N5O6P. The summed E-state index contributed by atoms with van der Waals surface area (Å²) in [7, 11) is -4.25. The normalized spacial score (nSPS) is 14.8. The number of pyridine rings is 1. The first kappa shape index (κ1) is 35.3. The van der Waals surface area contributed by atoms with Crippen LogP contribution in [0.4, 0.5) is 5.82 Å². The number of esters is 1. The molecule has 0 spiro atoms. The second-order valence-corrected chi connectivity index (χ2v) is 14.7. The zero-order chi connectivity index (χ0) is 34.6. The van der Waals surface area contributed by atoms with Crippen LogP contribution in [0.2, 0.25) is 0 Å². The molecule has 256 valence electrons. The van der Waals surface area contributed by atoms with Crippen LogP contribution in [-0.4, -0.2) is 45.4 Å². The van der Waals surface area contributed by atoms with E-state index in [1.165, 1.54) is 0 Å². The molecule has 2 aromatic heterocycles. The first-order chi connectivity index (χ1) is 22.8. The maximum absolute atomic E-state index is 14.9. The number of nitrogens with two attached hydrogens (primary N) is 1. The van der Waals surface area contributed by atoms with Gasteiger partial charge in [-0.05, 0) is 57.6 Å². The van der Waals surface area contributed by atoms with Crippen molar-refractivity contribution in [2.24, 2.45) is 5.92 Å². The monoisotopic (exact) mass is 675 g/mol. The molecule has 0 saturated heterocycles. The van der Waals surface area contributed by atoms with Crippen LogP contribution in [0, 0.1) is 5.92 Å². The topological polar surface area (TPSA) is 140 Å². The van der Waals surface area contributed by atoms with Gasteiger partial charge in [-0.15, -0.1) is 0 Å². The second-order valence-electron chi connectivity index (χ2n) is 13.1. The molecule has 0 aliphatic rings. The van der Waals surface area contributed by atoms with E-state index in [1.54, 1.807) is 26.8 Å². The van der Waals surface area contributed by atoms with Crippen LogP contribution in [0.15, 0.2) is 66.7 Å². The molecule has 0 aliphatic heterocycles. The van der Waals surface area contributed by atoms with Gasteiger partial charge in [0.2, 0.25) is 0 Å². The van der Waals surface area contributed by atoms with Gasteiger partial charge < -0.3 is 24.3 Å². The third kappa shape index (κ3) is 7.81. The fraction of sp³-hybridized carbons (Fsp3) is 0.417. The molecule has 12 heteroatoms. The van der Waals surface area contributed by atoms with Crippen molar-refractivity contribution >= 4 is 52.2 Å². The minimum absolute atomic E-state index is 0.0498. The van der Waals surface area contributed by atoms with Gasteiger partial charge in [0.05, 0.1) is 23.7 Å². The minimum Gasteiger partial charge on any atom is -0.459 e. The van der Waals surface area contributed by atoms with Crippen LogP contribution >= 0.6 is 7.75 Å². The number of hydrogen-bond acceptors (Lipinski definition) is 9. The van der Waals surface area contributed by atoms with E-state index in [0.29, 0.717) is 35.9 Å². The molecule has 48 heavy (non-hydrogen) atoms. The lowest BCUT2D eigenvalue weighted by molar-refractivity contribution is -0.158. The Hall–Kier alpha value is -4.02. The van der Waals surface area contributed by atoms with Crippen molar-refractivity contribution < 1.29 is 27.9 Å². The van der Waals surface area contributed by atoms with Crippen LogP contribution in [0.1, 0.15) is 66.8 Å². The fourth-order valence-electron chi connectivity index (χ4n) is 5.62. The number of hydrogen-bond donors (Lipinski definition) is 2. The molecule has 3 N–H and O–H groups in total. The van der Waals surface area contributed by atoms with Crippen molar-refractivity contribution in [3.05, 3.63) is 72.6 Å². The van der Waals surface area contributed by atoms with Crippen molar-refractivity contribution in [3.8, 4) is 5.75 Å². The Morgan fingerprint density at radius 3 is 2.35 bits per heavy atom. The molecule has 0 saturated carbocycles. The summed E-state index contributed by atoms with van der Waals surface area (Å²) in [5, 5.41) is 5.50. The lowest BCUT2D eigenvalue weighted by atomic mass is 10.1. The third-order valence-electron chi connectivity index (χ3n) is 7.93. The molecule has 0 unspecified atom stereocenters. The van der Waals surface area contributed by atoms with Gasteiger partial charge in [0.25, 0.3) is 0 Å². The summed E-state index contributed by atoms with van der Waals surface area (Å²) >= 11 is 0. The number of carbonyl (C=O) groups is 1. The number of anilines is 1. The van der Waals surface area contributed by atoms with Crippen LogP contribution in [0.5, 0.6) is 5.75 Å². The molecule has 5 aromatic rings. The van der Waals surface area contributed by atoms with Gasteiger partial charge in [-0.3, -0.25) is 9.32 Å². The van der Waals surface area contributed by atoms with Crippen molar-refractivity contribution in [3.63, 3.8) is 0 Å². The highest BCUT2D eigenvalue weighted by atomic mass is 31.2. The van der Waals surface area contributed by atoms with Crippen LogP contribution in [0.3, 0.4) is 0 Å². The van der Waals surface area contributed by atoms with E-state index in [-0.39, 0.29) is 25.2 Å². The molecule has 2 heterocycles. The van der Waals surface area contributed by atoms with Crippen molar-refractivity contribution in [2.75, 3.05) is 18.9 Å². The van der Waals surface area contributed by atoms with E-state index in [0.717, 1.165) is 27.2 Å². The molecular weight excluding hydrogens is 629 g/mol. The number of nitrogens with one attached hydrogen (secondary N) is 1. The number of aromatic nitrogens is 3. The highest BCUT2D eigenvalue weighted by molar-refractivity contribution is 7.52. The molecule has 0 amide bonds. The quantitative estimate of drug-likeness (QED) is 0.0880. The molecule has 3 aromatic carbocycles. The van der Waals surface area contributed by atoms with Gasteiger partial charge in [-0.2, -0.15) is 5.09 Å². The van der Waals surface area contributed by atoms with Crippen LogP contribution < -0.4 is 15.3 Å². The van der Waals surface area contributed by atoms with Gasteiger partial charge in [0.1, 0.15) is 35.3 Å². The van der Waals surface area contributed by atoms with E-state index >= 15 is 0 Å². The Morgan fingerprint density at radius 1 is 0.979 bits per heavy atom. The highest BCUT2D eigenvalue weighted by Gasteiger charge is 2.38. The average molecular weight is 676 g/mol. The first-order valence-electron chi connectivity index (χ1n) is 16.4. The maximum Gasteiger partial charge on any atom is 0.459 e. The number of para-hydroxylation sites is 1. The highest BCUT2D eigenvalue weighted by Crippen LogP contribution is 2.48. The number of carbonyl (C=O) groups excluding carboxylic acids is 1. The van der Waals surface area contributed by atoms with Crippen molar-refractivity contribution in [1.82, 2.24) is 19.6 Å². The standard InChI is InChI=1S/C36H46N5O6P/c1-8-25(41-30(22-44-9-2)39-32-33(41)27-18-12-13-19-28(27)38-34(32)37)21-45-48(43,40-31(23(3)4)35(42)46-36(5,6)7)47-29-20-14-16-24-15-10-11-17-26(24)29/h10-20,23,25,31H,8-9,21-22H2,1-7H3,(H2,37,38)(H,40,43)/t25-,31+,48+/m1/s1. The van der Waals surface area contributed by atoms with Gasteiger partial charge in [-0.25, -0.2) is 14.5 Å². The van der Waals surface area contributed by atoms with Crippen molar-refractivity contribution in [2.45, 2.75) is 79.2 Å². The zero-order valence-corrected chi connectivity index (χ0v) is 29.6. The number of imidazole rings is 1. The van der Waals surface area contributed by atoms with Crippen LogP contribution in [0.25, 0.3) is 32.7 Å². The number of ether oxygens (including phenoxy) is 2. The Morgan fingerprint density at radius 2 is 1.67 bits per heavy atom. The Kier molecular flexibility index (Phi) is 10.7. The molecule has 0 aliphatic carbocycles. The Bertz CT molecular complexity index is 1950. The summed E-state index contributed by atoms with van der Waals surface area (Å²) in [4.78, 5) is 22.9. The fourth-order valence-corrected chi connectivity index (χ4v) is 7.33. The smallest absolute Gasteiger partial charge is 0.459 e. The van der Waals surface area contributed by atoms with E-state index < -0.39 is 25.4 Å². The second kappa shape index (κ2) is 14.6. The van der Waals surface area contributed by atoms with Gasteiger partial charge >= 0.3 is 13.7 Å². The summed E-state index contributed by atoms with van der Waals surface area (Å²) in [6.45, 7) is 13.7. The summed E-state index contributed by atoms with van der Waals surface area (Å²) < 4.78 is 41.2. The number of fused-ring (bicyclic) bond motifs is 4. The third-order valence-corrected chi connectivity index (χ3v) is 9.45. The van der Waals surface area contributed by atoms with Crippen LogP contribution in [-0.2, 0) is 30.0 Å². The molecule has 5 rings (SSSR count). The zero-order valence-electron chi connectivity index (χ0n) is 28.7. The number of nitrogen functional groups attached to an aromatic ring is 1. The number of benzene rings is 3. The Balaban J connectivity index is 1.58. The lowest BCUT2D eigenvalue weighted by Gasteiger charge is -2.30. The molecule has 11 nitrogen and oxygen atoms in total. The minimum atomic E-state index is -4.25. The van der Waals surface area contributed by atoms with E-state index in [1.807, 2.05) is 92.9 Å². The first-order valence-corrected chi connectivity index (χ1v) is 17.9. The SMILES string of the molecule is CCOCc1nc2c(N)nc3ccccc3c2n1[C@H](CC)CO[P@@](=O)(N[C@H](C(=O)OC(C)(C)C)C(C)C)Oc1cccc2ccccc12. The summed E-state index contributed by atoms with van der Waals surface area (Å²) in [5.41, 5.74) is 7.75. The average Bonchev–Trinajstić information content (AvgIpc) is 3.42. The van der Waals surface area contributed by atoms with E-state index in [4.69, 9.17) is 29.2 Å². The predicted molar refractivity (Wildman–Crippen MR) is 190 cm³/mol. The number of rotatable bonds is 14. The van der Waals surface area contributed by atoms with E-state index in [2.05, 4.69) is 10.1 Å².